The van der Waals surface area contributed by atoms with Crippen LogP contribution in [0.3, 0.4) is 0 Å². The van der Waals surface area contributed by atoms with Crippen molar-refractivity contribution in [3.63, 3.8) is 0 Å². The third kappa shape index (κ3) is 7.23. The lowest BCUT2D eigenvalue weighted by molar-refractivity contribution is 1.07. The Morgan fingerprint density at radius 2 is 0.583 bits per heavy atom. The van der Waals surface area contributed by atoms with E-state index in [0.717, 1.165) is 116 Å². The van der Waals surface area contributed by atoms with Crippen LogP contribution in [0, 0.1) is 11.3 Å². The molecule has 17 rings (SSSR count). The van der Waals surface area contributed by atoms with E-state index < -0.39 is 0 Å². The van der Waals surface area contributed by atoms with E-state index in [2.05, 4.69) is 237 Å². The maximum Gasteiger partial charge on any atom is 0.164 e. The van der Waals surface area contributed by atoms with Crippen LogP contribution in [0.2, 0.25) is 0 Å². The van der Waals surface area contributed by atoms with E-state index in [9.17, 15) is 5.26 Å². The smallest absolute Gasteiger partial charge is 0.164 e. The van der Waals surface area contributed by atoms with Crippen LogP contribution < -0.4 is 0 Å². The van der Waals surface area contributed by atoms with Crippen molar-refractivity contribution in [3.05, 3.63) is 285 Å². The lowest BCUT2D eigenvalue weighted by atomic mass is 9.96. The molecule has 0 saturated carbocycles. The van der Waals surface area contributed by atoms with Gasteiger partial charge in [0.2, 0.25) is 0 Å². The second-order valence-electron chi connectivity index (χ2n) is 21.5. The van der Waals surface area contributed by atoms with Gasteiger partial charge in [0.15, 0.2) is 17.5 Å². The van der Waals surface area contributed by atoms with Gasteiger partial charge >= 0.3 is 0 Å². The molecule has 0 N–H and O–H groups in total. The fourth-order valence-electron chi connectivity index (χ4n) is 13.1. The lowest BCUT2D eigenvalue weighted by Gasteiger charge is -2.20. The zero-order valence-corrected chi connectivity index (χ0v) is 45.1. The van der Waals surface area contributed by atoms with E-state index in [1.807, 2.05) is 66.7 Å². The zero-order valence-electron chi connectivity index (χ0n) is 45.1. The molecule has 0 amide bonds. The molecule has 0 aliphatic carbocycles. The van der Waals surface area contributed by atoms with Crippen LogP contribution in [0.1, 0.15) is 5.56 Å². The van der Waals surface area contributed by atoms with Crippen molar-refractivity contribution >= 4 is 87.2 Å². The van der Waals surface area contributed by atoms with Crippen molar-refractivity contribution in [1.82, 2.24) is 33.2 Å². The molecule has 84 heavy (non-hydrogen) atoms. The molecule has 390 valence electrons. The van der Waals surface area contributed by atoms with Gasteiger partial charge in [0.05, 0.1) is 67.1 Å². The number of hydrogen-bond acceptors (Lipinski definition) is 4. The molecule has 17 aromatic rings. The minimum Gasteiger partial charge on any atom is -0.309 e. The first-order chi connectivity index (χ1) is 41.6. The van der Waals surface area contributed by atoms with E-state index in [-0.39, 0.29) is 0 Å². The normalized spacial score (nSPS) is 11.8. The number of aromatic nitrogens is 7. The number of nitrogens with zero attached hydrogens (tertiary/aromatic N) is 8. The first kappa shape index (κ1) is 47.2. The number of hydrogen-bond donors (Lipinski definition) is 0. The van der Waals surface area contributed by atoms with Crippen LogP contribution in [0.25, 0.3) is 155 Å². The van der Waals surface area contributed by atoms with Crippen LogP contribution in [0.5, 0.6) is 0 Å². The van der Waals surface area contributed by atoms with Gasteiger partial charge in [0, 0.05) is 82.3 Å². The highest BCUT2D eigenvalue weighted by Crippen LogP contribution is 2.46. The van der Waals surface area contributed by atoms with Crippen molar-refractivity contribution < 1.29 is 0 Å². The average Bonchev–Trinajstić information content (AvgIpc) is 2.00. The number of fused-ring (bicyclic) bond motifs is 12. The molecule has 0 fully saturated rings. The highest BCUT2D eigenvalue weighted by atomic mass is 15.0. The van der Waals surface area contributed by atoms with Crippen molar-refractivity contribution in [2.45, 2.75) is 0 Å². The Morgan fingerprint density at radius 1 is 0.250 bits per heavy atom. The summed E-state index contributed by atoms with van der Waals surface area (Å²) >= 11 is 0. The maximum absolute atomic E-state index is 11.0. The number of nitriles is 1. The Labute approximate surface area is 481 Å². The minimum absolute atomic E-state index is 0.526. The van der Waals surface area contributed by atoms with Crippen LogP contribution >= 0.6 is 0 Å². The Bertz CT molecular complexity index is 5490. The van der Waals surface area contributed by atoms with Crippen LogP contribution in [-0.4, -0.2) is 33.2 Å². The minimum atomic E-state index is 0.526. The third-order valence-electron chi connectivity index (χ3n) is 16.8. The molecule has 8 heteroatoms. The molecule has 0 atom stereocenters. The van der Waals surface area contributed by atoms with Gasteiger partial charge in [-0.15, -0.1) is 0 Å². The molecule has 0 radical (unpaired) electrons. The number of rotatable bonds is 8. The van der Waals surface area contributed by atoms with Crippen molar-refractivity contribution in [3.8, 4) is 74.1 Å². The summed E-state index contributed by atoms with van der Waals surface area (Å²) in [6.07, 6.45) is 0. The van der Waals surface area contributed by atoms with Gasteiger partial charge < -0.3 is 18.3 Å². The quantitative estimate of drug-likeness (QED) is 0.152. The van der Waals surface area contributed by atoms with Gasteiger partial charge in [-0.2, -0.15) is 5.26 Å². The summed E-state index contributed by atoms with van der Waals surface area (Å²) in [5.41, 5.74) is 17.5. The molecule has 5 aromatic heterocycles. The second-order valence-corrected chi connectivity index (χ2v) is 21.5. The van der Waals surface area contributed by atoms with Gasteiger partial charge in [-0.3, -0.25) is 0 Å². The van der Waals surface area contributed by atoms with E-state index in [0.29, 0.717) is 23.0 Å². The average molecular weight is 1070 g/mol. The summed E-state index contributed by atoms with van der Waals surface area (Å²) in [6, 6.07) is 101. The Balaban J connectivity index is 0.998. The summed E-state index contributed by atoms with van der Waals surface area (Å²) in [5.74, 6) is 1.67. The molecule has 0 bridgehead atoms. The highest BCUT2D eigenvalue weighted by Gasteiger charge is 2.26. The summed E-state index contributed by atoms with van der Waals surface area (Å²) in [5, 5.41) is 20.3. The Hall–Kier alpha value is -11.7. The molecule has 0 unspecified atom stereocenters. The molecule has 0 aliphatic rings. The van der Waals surface area contributed by atoms with Gasteiger partial charge in [-0.05, 0) is 109 Å². The summed E-state index contributed by atoms with van der Waals surface area (Å²) in [4.78, 5) is 15.7. The Kier molecular flexibility index (Phi) is 10.5. The fraction of sp³-hybridized carbons (Fsp3) is 0. The first-order valence-electron chi connectivity index (χ1n) is 28.2. The number of benzene rings is 12. The highest BCUT2D eigenvalue weighted by molar-refractivity contribution is 6.21. The molecule has 8 nitrogen and oxygen atoms in total. The fourth-order valence-corrected chi connectivity index (χ4v) is 13.1. The maximum atomic E-state index is 11.0. The molecule has 0 spiro atoms. The van der Waals surface area contributed by atoms with Crippen LogP contribution in [0.15, 0.2) is 279 Å². The van der Waals surface area contributed by atoms with Crippen LogP contribution in [0.4, 0.5) is 0 Å². The van der Waals surface area contributed by atoms with E-state index >= 15 is 0 Å². The van der Waals surface area contributed by atoms with Gasteiger partial charge in [0.25, 0.3) is 0 Å². The zero-order chi connectivity index (χ0) is 55.4. The van der Waals surface area contributed by atoms with Gasteiger partial charge in [0.1, 0.15) is 0 Å². The lowest BCUT2D eigenvalue weighted by Crippen LogP contribution is -2.04. The van der Waals surface area contributed by atoms with Gasteiger partial charge in [-0.25, -0.2) is 15.0 Å². The monoisotopic (exact) mass is 1070 g/mol. The number of para-hydroxylation sites is 6. The van der Waals surface area contributed by atoms with Gasteiger partial charge in [-0.1, -0.05) is 170 Å². The summed E-state index contributed by atoms with van der Waals surface area (Å²) in [6.45, 7) is 0. The SMILES string of the molecule is N#Cc1ccc(-n2c3ccccc3c3cc4c5ccccc5n(-c5ccccc5)c4cc32)c(-c2cc(-c3nc(-c4ccccc4)nc(-c4ccccc4)n3)ccc2-n2c3ccccc3c3cc4c5ccccc5n(-c5ccccc5)c4cc32)c1. The third-order valence-corrected chi connectivity index (χ3v) is 16.8. The second kappa shape index (κ2) is 18.7. The van der Waals surface area contributed by atoms with E-state index in [1.165, 1.54) is 21.5 Å². The van der Waals surface area contributed by atoms with E-state index in [4.69, 9.17) is 15.0 Å². The predicted molar refractivity (Wildman–Crippen MR) is 344 cm³/mol. The largest absolute Gasteiger partial charge is 0.309 e. The van der Waals surface area contributed by atoms with Crippen molar-refractivity contribution in [1.29, 1.82) is 5.26 Å². The standard InChI is InChI=1S/C76H46N8/c77-47-48-37-39-68(83-66-35-19-15-31-56(66)62-43-60-54-29-13-17-33-64(54)81(70(60)45-72(62)83)52-25-9-3-10-26-52)58(41-48)59-42-51(76-79-74(49-21-5-1-6-22-49)78-75(80-76)50-23-7-2-8-24-50)38-40-69(59)84-67-36-20-16-32-57(67)63-44-61-55-30-14-18-34-65(55)82(71(61)46-73(63)84)53-27-11-4-12-28-53/h1-46H. The van der Waals surface area contributed by atoms with E-state index in [1.54, 1.807) is 0 Å². The van der Waals surface area contributed by atoms with Crippen molar-refractivity contribution in [2.24, 2.45) is 0 Å². The summed E-state index contributed by atoms with van der Waals surface area (Å²) in [7, 11) is 0. The molecule has 0 saturated heterocycles. The topological polar surface area (TPSA) is 82.2 Å². The first-order valence-corrected chi connectivity index (χ1v) is 28.2. The van der Waals surface area contributed by atoms with Crippen LogP contribution in [-0.2, 0) is 0 Å². The Morgan fingerprint density at radius 3 is 1.00 bits per heavy atom. The van der Waals surface area contributed by atoms with Crippen molar-refractivity contribution in [2.75, 3.05) is 0 Å². The molecular formula is C76H46N8. The summed E-state index contributed by atoms with van der Waals surface area (Å²) < 4.78 is 9.59. The molecule has 0 aliphatic heterocycles. The molecule has 12 aromatic carbocycles. The molecular weight excluding hydrogens is 1020 g/mol. The predicted octanol–water partition coefficient (Wildman–Crippen LogP) is 18.8. The molecule has 5 heterocycles.